The predicted molar refractivity (Wildman–Crippen MR) is 133 cm³/mol. The second-order valence-electron chi connectivity index (χ2n) is 7.53. The number of aryl methyl sites for hydroxylation is 1. The van der Waals surface area contributed by atoms with Crippen LogP contribution in [0.15, 0.2) is 119 Å². The van der Waals surface area contributed by atoms with Gasteiger partial charge in [-0.25, -0.2) is 8.42 Å². The van der Waals surface area contributed by atoms with Gasteiger partial charge in [0.2, 0.25) is 9.84 Å². The van der Waals surface area contributed by atoms with Crippen LogP contribution in [0.1, 0.15) is 11.1 Å². The van der Waals surface area contributed by atoms with Crippen molar-refractivity contribution in [2.45, 2.75) is 11.8 Å². The van der Waals surface area contributed by atoms with Crippen LogP contribution in [-0.4, -0.2) is 8.42 Å². The van der Waals surface area contributed by atoms with Crippen LogP contribution in [0.25, 0.3) is 6.08 Å². The molecule has 0 aliphatic heterocycles. The van der Waals surface area contributed by atoms with Crippen LogP contribution in [0.4, 0.5) is 17.1 Å². The van der Waals surface area contributed by atoms with Gasteiger partial charge in [0.15, 0.2) is 0 Å². The molecule has 5 heteroatoms. The Hall–Kier alpha value is -4.14. The largest absolute Gasteiger partial charge is 0.311 e. The first kappa shape index (κ1) is 22.1. The van der Waals surface area contributed by atoms with Crippen molar-refractivity contribution < 1.29 is 8.42 Å². The van der Waals surface area contributed by atoms with E-state index >= 15 is 0 Å². The van der Waals surface area contributed by atoms with Gasteiger partial charge in [0.1, 0.15) is 11.0 Å². The molecule has 0 heterocycles. The molecule has 4 aromatic carbocycles. The number of hydrogen-bond acceptors (Lipinski definition) is 4. The summed E-state index contributed by atoms with van der Waals surface area (Å²) in [6.07, 6.45) is 1.41. The van der Waals surface area contributed by atoms with Crippen molar-refractivity contribution in [3.8, 4) is 6.07 Å². The van der Waals surface area contributed by atoms with Gasteiger partial charge in [0, 0.05) is 17.1 Å². The van der Waals surface area contributed by atoms with Gasteiger partial charge < -0.3 is 4.90 Å². The molecule has 4 rings (SSSR count). The summed E-state index contributed by atoms with van der Waals surface area (Å²) >= 11 is 0. The number of nitriles is 1. The fourth-order valence-corrected chi connectivity index (χ4v) is 4.65. The molecule has 0 saturated carbocycles. The monoisotopic (exact) mass is 450 g/mol. The SMILES string of the molecule is Cc1ccc(S(=O)(=O)/C(C#N)=C/c2ccc(N(c3ccccc3)c3ccccc3)cc2)cc1. The number of rotatable bonds is 6. The first-order valence-corrected chi connectivity index (χ1v) is 11.9. The summed E-state index contributed by atoms with van der Waals surface area (Å²) in [5, 5.41) is 9.57. The molecule has 0 bridgehead atoms. The van der Waals surface area contributed by atoms with E-state index in [1.54, 1.807) is 12.1 Å². The molecular formula is C28H22N2O2S. The summed E-state index contributed by atoms with van der Waals surface area (Å²) in [5.74, 6) is 0. The molecule has 0 aromatic heterocycles. The minimum absolute atomic E-state index is 0.108. The standard InChI is InChI=1S/C28H22N2O2S/c1-22-12-18-27(19-13-22)33(31,32)28(21-29)20-23-14-16-26(17-15-23)30(24-8-4-2-5-9-24)25-10-6-3-7-11-25/h2-20H,1H3/b28-20+. The van der Waals surface area contributed by atoms with E-state index in [0.29, 0.717) is 5.56 Å². The van der Waals surface area contributed by atoms with Gasteiger partial charge in [-0.3, -0.25) is 0 Å². The zero-order valence-corrected chi connectivity index (χ0v) is 18.9. The highest BCUT2D eigenvalue weighted by molar-refractivity contribution is 7.95. The van der Waals surface area contributed by atoms with Crippen LogP contribution >= 0.6 is 0 Å². The van der Waals surface area contributed by atoms with E-state index in [1.807, 2.05) is 97.9 Å². The highest BCUT2D eigenvalue weighted by Gasteiger charge is 2.20. The van der Waals surface area contributed by atoms with E-state index in [9.17, 15) is 13.7 Å². The number of sulfone groups is 1. The van der Waals surface area contributed by atoms with Crippen LogP contribution in [0.2, 0.25) is 0 Å². The number of para-hydroxylation sites is 2. The van der Waals surface area contributed by atoms with Gasteiger partial charge in [-0.1, -0.05) is 66.2 Å². The first-order valence-electron chi connectivity index (χ1n) is 10.4. The molecule has 0 spiro atoms. The molecule has 0 atom stereocenters. The molecule has 162 valence electrons. The second-order valence-corrected chi connectivity index (χ2v) is 9.45. The second kappa shape index (κ2) is 9.56. The molecule has 0 aliphatic carbocycles. The van der Waals surface area contributed by atoms with E-state index in [4.69, 9.17) is 0 Å². The van der Waals surface area contributed by atoms with Crippen molar-refractivity contribution in [2.75, 3.05) is 4.90 Å². The summed E-state index contributed by atoms with van der Waals surface area (Å²) < 4.78 is 25.9. The lowest BCUT2D eigenvalue weighted by Gasteiger charge is -2.25. The maximum absolute atomic E-state index is 12.9. The first-order chi connectivity index (χ1) is 16.0. The van der Waals surface area contributed by atoms with Crippen molar-refractivity contribution in [1.29, 1.82) is 5.26 Å². The van der Waals surface area contributed by atoms with E-state index in [2.05, 4.69) is 4.90 Å². The van der Waals surface area contributed by atoms with Crippen molar-refractivity contribution in [3.05, 3.63) is 125 Å². The number of nitrogens with zero attached hydrogens (tertiary/aromatic N) is 2. The highest BCUT2D eigenvalue weighted by Crippen LogP contribution is 2.34. The van der Waals surface area contributed by atoms with E-state index < -0.39 is 9.84 Å². The van der Waals surface area contributed by atoms with E-state index in [-0.39, 0.29) is 9.80 Å². The lowest BCUT2D eigenvalue weighted by Crippen LogP contribution is -2.09. The summed E-state index contributed by atoms with van der Waals surface area (Å²) in [6, 6.07) is 35.8. The summed E-state index contributed by atoms with van der Waals surface area (Å²) in [6.45, 7) is 1.88. The number of allylic oxidation sites excluding steroid dienone is 1. The van der Waals surface area contributed by atoms with Gasteiger partial charge in [-0.05, 0) is 67.1 Å². The lowest BCUT2D eigenvalue weighted by atomic mass is 10.1. The normalized spacial score (nSPS) is 11.6. The summed E-state index contributed by atoms with van der Waals surface area (Å²) in [4.78, 5) is 1.93. The third kappa shape index (κ3) is 4.87. The molecule has 0 aliphatic rings. The molecule has 4 aromatic rings. The summed E-state index contributed by atoms with van der Waals surface area (Å²) in [7, 11) is -3.89. The lowest BCUT2D eigenvalue weighted by molar-refractivity contribution is 0.603. The van der Waals surface area contributed by atoms with Crippen molar-refractivity contribution in [3.63, 3.8) is 0 Å². The van der Waals surface area contributed by atoms with Gasteiger partial charge in [0.25, 0.3) is 0 Å². The topological polar surface area (TPSA) is 61.2 Å². The number of benzene rings is 4. The van der Waals surface area contributed by atoms with Gasteiger partial charge in [0.05, 0.1) is 4.90 Å². The van der Waals surface area contributed by atoms with Crippen LogP contribution < -0.4 is 4.90 Å². The minimum atomic E-state index is -3.89. The highest BCUT2D eigenvalue weighted by atomic mass is 32.2. The molecule has 0 N–H and O–H groups in total. The third-order valence-electron chi connectivity index (χ3n) is 5.21. The average Bonchev–Trinajstić information content (AvgIpc) is 2.85. The Morgan fingerprint density at radius 3 is 1.70 bits per heavy atom. The molecule has 0 fully saturated rings. The fourth-order valence-electron chi connectivity index (χ4n) is 3.49. The quantitative estimate of drug-likeness (QED) is 0.303. The van der Waals surface area contributed by atoms with Gasteiger partial charge in [-0.15, -0.1) is 0 Å². The molecular weight excluding hydrogens is 428 g/mol. The van der Waals surface area contributed by atoms with Crippen molar-refractivity contribution >= 4 is 33.0 Å². The van der Waals surface area contributed by atoms with E-state index in [0.717, 1.165) is 22.6 Å². The zero-order chi connectivity index (χ0) is 23.3. The number of anilines is 3. The maximum atomic E-state index is 12.9. The third-order valence-corrected chi connectivity index (χ3v) is 6.89. The maximum Gasteiger partial charge on any atom is 0.216 e. The average molecular weight is 451 g/mol. The van der Waals surface area contributed by atoms with Crippen molar-refractivity contribution in [1.82, 2.24) is 0 Å². The molecule has 0 radical (unpaired) electrons. The van der Waals surface area contributed by atoms with Crippen LogP contribution in [0.5, 0.6) is 0 Å². The Morgan fingerprint density at radius 1 is 0.727 bits per heavy atom. The Labute approximate surface area is 194 Å². The summed E-state index contributed by atoms with van der Waals surface area (Å²) in [5.41, 5.74) is 4.52. The van der Waals surface area contributed by atoms with Crippen LogP contribution in [-0.2, 0) is 9.84 Å². The molecule has 0 saturated heterocycles. The number of hydrogen-bond donors (Lipinski definition) is 0. The molecule has 33 heavy (non-hydrogen) atoms. The van der Waals surface area contributed by atoms with Gasteiger partial charge >= 0.3 is 0 Å². The Kier molecular flexibility index (Phi) is 6.39. The van der Waals surface area contributed by atoms with Crippen LogP contribution in [0.3, 0.4) is 0 Å². The van der Waals surface area contributed by atoms with Crippen molar-refractivity contribution in [2.24, 2.45) is 0 Å². The minimum Gasteiger partial charge on any atom is -0.311 e. The molecule has 4 nitrogen and oxygen atoms in total. The Morgan fingerprint density at radius 2 is 1.21 bits per heavy atom. The predicted octanol–water partition coefficient (Wildman–Crippen LogP) is 6.80. The smallest absolute Gasteiger partial charge is 0.216 e. The van der Waals surface area contributed by atoms with E-state index in [1.165, 1.54) is 18.2 Å². The fraction of sp³-hybridized carbons (Fsp3) is 0.0357. The van der Waals surface area contributed by atoms with Crippen LogP contribution in [0, 0.1) is 18.3 Å². The Balaban J connectivity index is 1.70. The van der Waals surface area contributed by atoms with Gasteiger partial charge in [-0.2, -0.15) is 5.26 Å². The Bertz CT molecular complexity index is 1360. The zero-order valence-electron chi connectivity index (χ0n) is 18.1. The molecule has 0 amide bonds. The molecule has 0 unspecified atom stereocenters.